The second kappa shape index (κ2) is 6.42. The smallest absolute Gasteiger partial charge is 0.410 e. The van der Waals surface area contributed by atoms with Gasteiger partial charge in [-0.05, 0) is 31.1 Å². The Balaban J connectivity index is 2.06. The summed E-state index contributed by atoms with van der Waals surface area (Å²) in [7, 11) is 0. The van der Waals surface area contributed by atoms with Gasteiger partial charge in [0.2, 0.25) is 0 Å². The predicted molar refractivity (Wildman–Crippen MR) is 89.5 cm³/mol. The van der Waals surface area contributed by atoms with Gasteiger partial charge in [0.25, 0.3) is 5.56 Å². The van der Waals surface area contributed by atoms with Gasteiger partial charge in [0.05, 0.1) is 31.7 Å². The van der Waals surface area contributed by atoms with E-state index in [1.54, 1.807) is 11.8 Å². The van der Waals surface area contributed by atoms with Gasteiger partial charge in [-0.3, -0.25) is 9.36 Å². The molecular formula is C14H17N3O4S2. The van der Waals surface area contributed by atoms with Gasteiger partial charge in [0, 0.05) is 11.4 Å². The average molecular weight is 355 g/mol. The van der Waals surface area contributed by atoms with Crippen LogP contribution < -0.4 is 5.56 Å². The topological polar surface area (TPSA) is 87.6 Å². The Morgan fingerprint density at radius 2 is 2.30 bits per heavy atom. The number of H-pyrrole nitrogens is 1. The van der Waals surface area contributed by atoms with E-state index in [1.807, 2.05) is 0 Å². The Morgan fingerprint density at radius 1 is 1.52 bits per heavy atom. The fourth-order valence-corrected chi connectivity index (χ4v) is 4.38. The molecule has 0 unspecified atom stereocenters. The maximum Gasteiger partial charge on any atom is 0.410 e. The van der Waals surface area contributed by atoms with Crippen molar-refractivity contribution in [2.24, 2.45) is 0 Å². The third-order valence-electron chi connectivity index (χ3n) is 3.83. The minimum absolute atomic E-state index is 0.147. The van der Waals surface area contributed by atoms with E-state index in [2.05, 4.69) is 4.98 Å². The molecule has 23 heavy (non-hydrogen) atoms. The molecule has 0 saturated carbocycles. The highest BCUT2D eigenvalue weighted by atomic mass is 32.1. The van der Waals surface area contributed by atoms with Gasteiger partial charge < -0.3 is 19.7 Å². The summed E-state index contributed by atoms with van der Waals surface area (Å²) in [5.74, 6) is 0. The van der Waals surface area contributed by atoms with Gasteiger partial charge in [-0.1, -0.05) is 0 Å². The quantitative estimate of drug-likeness (QED) is 0.817. The molecule has 1 aliphatic heterocycles. The molecule has 0 radical (unpaired) electrons. The summed E-state index contributed by atoms with van der Waals surface area (Å²) in [6.45, 7) is 3.10. The first-order chi connectivity index (χ1) is 11.1. The van der Waals surface area contributed by atoms with Gasteiger partial charge >= 0.3 is 6.09 Å². The van der Waals surface area contributed by atoms with Crippen molar-refractivity contribution in [2.75, 3.05) is 19.8 Å². The van der Waals surface area contributed by atoms with Crippen LogP contribution in [0.3, 0.4) is 0 Å². The molecule has 0 fully saturated rings. The molecule has 0 aliphatic carbocycles. The van der Waals surface area contributed by atoms with Crippen molar-refractivity contribution in [1.82, 2.24) is 14.5 Å². The van der Waals surface area contributed by atoms with E-state index >= 15 is 0 Å². The summed E-state index contributed by atoms with van der Waals surface area (Å²) in [6.07, 6.45) is 0.272. The Hall–Kier alpha value is -1.71. The molecule has 3 rings (SSSR count). The van der Waals surface area contributed by atoms with Gasteiger partial charge in [-0.2, -0.15) is 0 Å². The summed E-state index contributed by atoms with van der Waals surface area (Å²) < 4.78 is 6.72. The molecule has 2 N–H and O–H groups in total. The summed E-state index contributed by atoms with van der Waals surface area (Å²) in [4.78, 5) is 30.9. The lowest BCUT2D eigenvalue weighted by Gasteiger charge is -2.25. The van der Waals surface area contributed by atoms with Crippen LogP contribution in [0.5, 0.6) is 0 Å². The van der Waals surface area contributed by atoms with E-state index in [9.17, 15) is 9.59 Å². The molecule has 3 heterocycles. The Labute approximate surface area is 141 Å². The number of carbonyl (C=O) groups excluding carboxylic acids is 1. The molecule has 7 nitrogen and oxygen atoms in total. The molecule has 124 valence electrons. The number of aromatic amines is 1. The highest BCUT2D eigenvalue weighted by molar-refractivity contribution is 7.71. The number of thiophene rings is 1. The van der Waals surface area contributed by atoms with E-state index in [0.717, 1.165) is 15.3 Å². The number of aliphatic hydroxyl groups is 1. The molecule has 0 spiro atoms. The lowest BCUT2D eigenvalue weighted by Crippen LogP contribution is -2.36. The van der Waals surface area contributed by atoms with Crippen molar-refractivity contribution in [3.63, 3.8) is 0 Å². The third kappa shape index (κ3) is 2.79. The van der Waals surface area contributed by atoms with Gasteiger partial charge in [-0.15, -0.1) is 11.3 Å². The second-order valence-electron chi connectivity index (χ2n) is 5.19. The fraction of sp³-hybridized carbons (Fsp3) is 0.500. The van der Waals surface area contributed by atoms with Crippen LogP contribution in [0.4, 0.5) is 4.79 Å². The van der Waals surface area contributed by atoms with Gasteiger partial charge in [0.15, 0.2) is 4.77 Å². The van der Waals surface area contributed by atoms with E-state index in [4.69, 9.17) is 22.1 Å². The van der Waals surface area contributed by atoms with Crippen molar-refractivity contribution in [1.29, 1.82) is 0 Å². The van der Waals surface area contributed by atoms with Crippen molar-refractivity contribution in [3.8, 4) is 0 Å². The van der Waals surface area contributed by atoms with Crippen LogP contribution >= 0.6 is 23.6 Å². The van der Waals surface area contributed by atoms with Crippen LogP contribution in [0.2, 0.25) is 0 Å². The summed E-state index contributed by atoms with van der Waals surface area (Å²) in [5.41, 5.74) is 0.786. The summed E-state index contributed by atoms with van der Waals surface area (Å²) in [6, 6.07) is 0. The number of aromatic nitrogens is 2. The van der Waals surface area contributed by atoms with Crippen LogP contribution in [-0.2, 0) is 24.2 Å². The normalized spacial score (nSPS) is 14.1. The van der Waals surface area contributed by atoms with Crippen molar-refractivity contribution in [3.05, 3.63) is 25.6 Å². The SMILES string of the molecule is CCOC(=O)N1CCc2c(sc3[nH]c(=S)n(CCO)c(=O)c23)C1. The number of carbonyl (C=O) groups is 1. The molecule has 0 atom stereocenters. The number of fused-ring (bicyclic) bond motifs is 3. The lowest BCUT2D eigenvalue weighted by molar-refractivity contribution is 0.103. The van der Waals surface area contributed by atoms with Crippen LogP contribution in [0.25, 0.3) is 10.2 Å². The number of hydrogen-bond donors (Lipinski definition) is 2. The highest BCUT2D eigenvalue weighted by Gasteiger charge is 2.26. The molecule has 1 aliphatic rings. The Morgan fingerprint density at radius 3 is 3.00 bits per heavy atom. The molecular weight excluding hydrogens is 338 g/mol. The standard InChI is InChI=1S/C14H17N3O4S2/c1-2-21-14(20)16-4-3-8-9(7-16)23-11-10(8)12(19)17(5-6-18)13(22)15-11/h18H,2-7H2,1H3,(H,15,22). The van der Waals surface area contributed by atoms with Gasteiger partial charge in [-0.25, -0.2) is 4.79 Å². The first kappa shape index (κ1) is 16.2. The second-order valence-corrected chi connectivity index (χ2v) is 6.68. The van der Waals surface area contributed by atoms with Crippen molar-refractivity contribution < 1.29 is 14.6 Å². The largest absolute Gasteiger partial charge is 0.450 e. The zero-order chi connectivity index (χ0) is 16.6. The minimum atomic E-state index is -0.332. The number of hydrogen-bond acceptors (Lipinski definition) is 6. The predicted octanol–water partition coefficient (Wildman–Crippen LogP) is 1.63. The number of ether oxygens (including phenoxy) is 1. The molecule has 0 bridgehead atoms. The number of amides is 1. The third-order valence-corrected chi connectivity index (χ3v) is 5.29. The van der Waals surface area contributed by atoms with Crippen LogP contribution in [0.15, 0.2) is 4.79 Å². The molecule has 0 aromatic carbocycles. The number of nitrogens with one attached hydrogen (secondary N) is 1. The van der Waals surface area contributed by atoms with E-state index < -0.39 is 0 Å². The van der Waals surface area contributed by atoms with Crippen molar-refractivity contribution in [2.45, 2.75) is 26.4 Å². The first-order valence-electron chi connectivity index (χ1n) is 7.36. The number of rotatable bonds is 3. The summed E-state index contributed by atoms with van der Waals surface area (Å²) in [5, 5.41) is 9.72. The van der Waals surface area contributed by atoms with E-state index in [0.29, 0.717) is 36.3 Å². The highest BCUT2D eigenvalue weighted by Crippen LogP contribution is 2.32. The average Bonchev–Trinajstić information content (AvgIpc) is 2.88. The molecule has 9 heteroatoms. The number of nitrogens with zero attached hydrogens (tertiary/aromatic N) is 2. The molecule has 1 amide bonds. The van der Waals surface area contributed by atoms with Crippen LogP contribution in [0, 0.1) is 4.77 Å². The van der Waals surface area contributed by atoms with Crippen LogP contribution in [0.1, 0.15) is 17.4 Å². The summed E-state index contributed by atoms with van der Waals surface area (Å²) >= 11 is 6.64. The lowest BCUT2D eigenvalue weighted by atomic mass is 10.1. The van der Waals surface area contributed by atoms with Crippen LogP contribution in [-0.4, -0.2) is 45.4 Å². The van der Waals surface area contributed by atoms with Crippen molar-refractivity contribution >= 4 is 39.9 Å². The zero-order valence-electron chi connectivity index (χ0n) is 12.6. The number of aliphatic hydroxyl groups excluding tert-OH is 1. The molecule has 2 aromatic heterocycles. The Kier molecular flexibility index (Phi) is 4.51. The van der Waals surface area contributed by atoms with E-state index in [1.165, 1.54) is 15.9 Å². The maximum atomic E-state index is 12.7. The first-order valence-corrected chi connectivity index (χ1v) is 8.59. The van der Waals surface area contributed by atoms with E-state index in [-0.39, 0.29) is 24.8 Å². The zero-order valence-corrected chi connectivity index (χ0v) is 14.3. The Bertz CT molecular complexity index is 867. The monoisotopic (exact) mass is 355 g/mol. The fourth-order valence-electron chi connectivity index (χ4n) is 2.78. The van der Waals surface area contributed by atoms with Gasteiger partial charge in [0.1, 0.15) is 4.83 Å². The maximum absolute atomic E-state index is 12.7. The molecule has 2 aromatic rings. The minimum Gasteiger partial charge on any atom is -0.450 e. The molecule has 0 saturated heterocycles.